The first kappa shape index (κ1) is 12.4. The molecule has 2 heteroatoms. The third-order valence-corrected chi connectivity index (χ3v) is 3.91. The minimum absolute atomic E-state index is 0.402. The Morgan fingerprint density at radius 1 is 1.29 bits per heavy atom. The van der Waals surface area contributed by atoms with E-state index in [-0.39, 0.29) is 0 Å². The Labute approximate surface area is 104 Å². The molecule has 0 amide bonds. The van der Waals surface area contributed by atoms with Crippen LogP contribution in [0.5, 0.6) is 5.75 Å². The van der Waals surface area contributed by atoms with Crippen molar-refractivity contribution in [3.63, 3.8) is 0 Å². The summed E-state index contributed by atoms with van der Waals surface area (Å²) in [5.74, 6) is 0.402. The summed E-state index contributed by atoms with van der Waals surface area (Å²) in [5.41, 5.74) is 2.68. The number of rotatable bonds is 4. The maximum absolute atomic E-state index is 9.75. The van der Waals surface area contributed by atoms with Gasteiger partial charge in [0.05, 0.1) is 0 Å². The SMILES string of the molecule is Cc1ccc(O)c(CNCC2(C)CCCC2)c1. The van der Waals surface area contributed by atoms with Crippen molar-refractivity contribution in [2.75, 3.05) is 6.54 Å². The van der Waals surface area contributed by atoms with Gasteiger partial charge in [0.25, 0.3) is 0 Å². The minimum Gasteiger partial charge on any atom is -0.508 e. The van der Waals surface area contributed by atoms with Gasteiger partial charge in [-0.2, -0.15) is 0 Å². The van der Waals surface area contributed by atoms with E-state index in [1.165, 1.54) is 31.2 Å². The number of aryl methyl sites for hydroxylation is 1. The van der Waals surface area contributed by atoms with Crippen LogP contribution in [0.1, 0.15) is 43.7 Å². The van der Waals surface area contributed by atoms with Gasteiger partial charge in [0.1, 0.15) is 5.75 Å². The molecule has 1 aliphatic rings. The lowest BCUT2D eigenvalue weighted by Crippen LogP contribution is -2.29. The summed E-state index contributed by atoms with van der Waals surface area (Å²) in [6.07, 6.45) is 5.40. The highest BCUT2D eigenvalue weighted by Gasteiger charge is 2.27. The first-order chi connectivity index (χ1) is 8.09. The summed E-state index contributed by atoms with van der Waals surface area (Å²) in [4.78, 5) is 0. The van der Waals surface area contributed by atoms with E-state index < -0.39 is 0 Å². The first-order valence-electron chi connectivity index (χ1n) is 6.58. The van der Waals surface area contributed by atoms with E-state index in [4.69, 9.17) is 0 Å². The zero-order valence-corrected chi connectivity index (χ0v) is 10.9. The quantitative estimate of drug-likeness (QED) is 0.835. The van der Waals surface area contributed by atoms with Crippen LogP contribution in [-0.2, 0) is 6.54 Å². The van der Waals surface area contributed by atoms with E-state index >= 15 is 0 Å². The van der Waals surface area contributed by atoms with Crippen molar-refractivity contribution in [3.8, 4) is 5.75 Å². The fourth-order valence-corrected chi connectivity index (χ4v) is 2.76. The zero-order chi connectivity index (χ0) is 12.3. The lowest BCUT2D eigenvalue weighted by molar-refractivity contribution is 0.313. The van der Waals surface area contributed by atoms with E-state index in [0.717, 1.165) is 18.7 Å². The topological polar surface area (TPSA) is 32.3 Å². The second-order valence-corrected chi connectivity index (χ2v) is 5.75. The highest BCUT2D eigenvalue weighted by atomic mass is 16.3. The van der Waals surface area contributed by atoms with Gasteiger partial charge in [0.2, 0.25) is 0 Å². The Morgan fingerprint density at radius 3 is 2.71 bits per heavy atom. The smallest absolute Gasteiger partial charge is 0.120 e. The van der Waals surface area contributed by atoms with Crippen LogP contribution in [0, 0.1) is 12.3 Å². The van der Waals surface area contributed by atoms with Crippen LogP contribution in [-0.4, -0.2) is 11.7 Å². The normalized spacial score (nSPS) is 18.5. The molecule has 94 valence electrons. The second-order valence-electron chi connectivity index (χ2n) is 5.75. The largest absolute Gasteiger partial charge is 0.508 e. The average molecular weight is 233 g/mol. The van der Waals surface area contributed by atoms with Crippen molar-refractivity contribution in [2.45, 2.75) is 46.1 Å². The van der Waals surface area contributed by atoms with Crippen molar-refractivity contribution in [3.05, 3.63) is 29.3 Å². The van der Waals surface area contributed by atoms with Crippen molar-refractivity contribution >= 4 is 0 Å². The molecule has 2 rings (SSSR count). The van der Waals surface area contributed by atoms with Crippen molar-refractivity contribution in [2.24, 2.45) is 5.41 Å². The standard InChI is InChI=1S/C15H23NO/c1-12-5-6-14(17)13(9-12)10-16-11-15(2)7-3-4-8-15/h5-6,9,16-17H,3-4,7-8,10-11H2,1-2H3. The van der Waals surface area contributed by atoms with Gasteiger partial charge >= 0.3 is 0 Å². The molecule has 0 unspecified atom stereocenters. The fourth-order valence-electron chi connectivity index (χ4n) is 2.76. The van der Waals surface area contributed by atoms with E-state index in [2.05, 4.69) is 25.2 Å². The molecule has 17 heavy (non-hydrogen) atoms. The van der Waals surface area contributed by atoms with Gasteiger partial charge in [-0.25, -0.2) is 0 Å². The first-order valence-corrected chi connectivity index (χ1v) is 6.58. The van der Waals surface area contributed by atoms with E-state index in [1.54, 1.807) is 6.07 Å². The maximum atomic E-state index is 9.75. The van der Waals surface area contributed by atoms with Gasteiger partial charge < -0.3 is 10.4 Å². The number of hydrogen-bond acceptors (Lipinski definition) is 2. The molecule has 0 aliphatic heterocycles. The molecule has 2 N–H and O–H groups in total. The molecule has 0 radical (unpaired) electrons. The van der Waals surface area contributed by atoms with Crippen LogP contribution in [0.25, 0.3) is 0 Å². The molecular formula is C15H23NO. The van der Waals surface area contributed by atoms with Crippen LogP contribution in [0.3, 0.4) is 0 Å². The molecule has 1 fully saturated rings. The summed E-state index contributed by atoms with van der Waals surface area (Å²) >= 11 is 0. The highest BCUT2D eigenvalue weighted by Crippen LogP contribution is 2.36. The molecule has 0 saturated heterocycles. The summed E-state index contributed by atoms with van der Waals surface area (Å²) in [6.45, 7) is 6.24. The lowest BCUT2D eigenvalue weighted by atomic mass is 9.89. The molecule has 1 aromatic rings. The molecule has 1 aliphatic carbocycles. The van der Waals surface area contributed by atoms with Gasteiger partial charge in [-0.15, -0.1) is 0 Å². The maximum Gasteiger partial charge on any atom is 0.120 e. The lowest BCUT2D eigenvalue weighted by Gasteiger charge is -2.24. The Kier molecular flexibility index (Phi) is 3.72. The summed E-state index contributed by atoms with van der Waals surface area (Å²) < 4.78 is 0. The van der Waals surface area contributed by atoms with Gasteiger partial charge in [-0.3, -0.25) is 0 Å². The van der Waals surface area contributed by atoms with Crippen molar-refractivity contribution in [1.82, 2.24) is 5.32 Å². The molecular weight excluding hydrogens is 210 g/mol. The Morgan fingerprint density at radius 2 is 2.00 bits per heavy atom. The van der Waals surface area contributed by atoms with E-state index in [1.807, 2.05) is 6.07 Å². The fraction of sp³-hybridized carbons (Fsp3) is 0.600. The Balaban J connectivity index is 1.87. The number of phenols is 1. The molecule has 0 spiro atoms. The minimum atomic E-state index is 0.402. The molecule has 0 bridgehead atoms. The predicted molar refractivity (Wildman–Crippen MR) is 71.1 cm³/mol. The monoisotopic (exact) mass is 233 g/mol. The Bertz CT molecular complexity index is 381. The van der Waals surface area contributed by atoms with Crippen LogP contribution in [0.2, 0.25) is 0 Å². The van der Waals surface area contributed by atoms with Crippen molar-refractivity contribution < 1.29 is 5.11 Å². The number of aromatic hydroxyl groups is 1. The van der Waals surface area contributed by atoms with E-state index in [0.29, 0.717) is 11.2 Å². The van der Waals surface area contributed by atoms with Crippen LogP contribution in [0.15, 0.2) is 18.2 Å². The second kappa shape index (κ2) is 5.09. The Hall–Kier alpha value is -1.02. The van der Waals surface area contributed by atoms with Crippen LogP contribution < -0.4 is 5.32 Å². The van der Waals surface area contributed by atoms with Gasteiger partial charge in [0.15, 0.2) is 0 Å². The molecule has 0 aromatic heterocycles. The zero-order valence-electron chi connectivity index (χ0n) is 10.9. The van der Waals surface area contributed by atoms with Crippen LogP contribution >= 0.6 is 0 Å². The number of hydrogen-bond donors (Lipinski definition) is 2. The summed E-state index contributed by atoms with van der Waals surface area (Å²) in [6, 6.07) is 5.78. The number of benzene rings is 1. The third kappa shape index (κ3) is 3.22. The third-order valence-electron chi connectivity index (χ3n) is 3.91. The average Bonchev–Trinajstić information content (AvgIpc) is 2.71. The van der Waals surface area contributed by atoms with Gasteiger partial charge in [-0.1, -0.05) is 37.5 Å². The number of phenolic OH excluding ortho intramolecular Hbond substituents is 1. The van der Waals surface area contributed by atoms with Gasteiger partial charge in [0, 0.05) is 18.7 Å². The van der Waals surface area contributed by atoms with E-state index in [9.17, 15) is 5.11 Å². The molecule has 1 saturated carbocycles. The number of nitrogens with one attached hydrogen (secondary N) is 1. The molecule has 0 atom stereocenters. The predicted octanol–water partition coefficient (Wildman–Crippen LogP) is 3.37. The summed E-state index contributed by atoms with van der Waals surface area (Å²) in [7, 11) is 0. The molecule has 2 nitrogen and oxygen atoms in total. The van der Waals surface area contributed by atoms with Gasteiger partial charge in [-0.05, 0) is 31.2 Å². The van der Waals surface area contributed by atoms with Crippen LogP contribution in [0.4, 0.5) is 0 Å². The molecule has 0 heterocycles. The highest BCUT2D eigenvalue weighted by molar-refractivity contribution is 5.35. The molecule has 1 aromatic carbocycles. The van der Waals surface area contributed by atoms with Crippen molar-refractivity contribution in [1.29, 1.82) is 0 Å². The summed E-state index contributed by atoms with van der Waals surface area (Å²) in [5, 5.41) is 13.2.